The summed E-state index contributed by atoms with van der Waals surface area (Å²) in [6.07, 6.45) is 8.34. The Kier molecular flexibility index (Phi) is 2.29. The van der Waals surface area contributed by atoms with E-state index in [1.807, 2.05) is 6.08 Å². The predicted octanol–water partition coefficient (Wildman–Crippen LogP) is 3.17. The maximum Gasteiger partial charge on any atom is -0.00460 e. The fourth-order valence-corrected chi connectivity index (χ4v) is 1.13. The average molecular weight is 185 g/mol. The van der Waals surface area contributed by atoms with Gasteiger partial charge in [-0.15, -0.1) is 0 Å². The minimum Gasteiger partial charge on any atom is -0.0988 e. The van der Waals surface area contributed by atoms with Crippen molar-refractivity contribution in [1.82, 2.24) is 0 Å². The molecule has 0 N–H and O–H groups in total. The fraction of sp³-hybridized carbons (Fsp3) is 0.250. The molecule has 0 aromatic heterocycles. The van der Waals surface area contributed by atoms with E-state index in [-0.39, 0.29) is 0 Å². The Hall–Kier alpha value is -0.300. The molecular weight excluding hydrogens is 176 g/mol. The summed E-state index contributed by atoms with van der Waals surface area (Å²) in [6.45, 7) is 3.70. The van der Waals surface area contributed by atoms with Crippen LogP contribution in [0.15, 0.2) is 34.9 Å². The number of halogens is 1. The van der Waals surface area contributed by atoms with Gasteiger partial charge in [0.1, 0.15) is 0 Å². The maximum atomic E-state index is 3.70. The molecule has 0 radical (unpaired) electrons. The van der Waals surface area contributed by atoms with Crippen molar-refractivity contribution < 1.29 is 0 Å². The molecule has 0 heterocycles. The number of allylic oxidation sites excluding steroid dienone is 5. The highest BCUT2D eigenvalue weighted by atomic mass is 79.9. The summed E-state index contributed by atoms with van der Waals surface area (Å²) in [5.41, 5.74) is 1.33. The number of hydrogen-bond donors (Lipinski definition) is 0. The standard InChI is InChI=1S/C8H9Br/c1-2-7-3-5-8(9)6-4-7/h2-3,5H,1,4,6H2. The zero-order valence-corrected chi connectivity index (χ0v) is 6.82. The van der Waals surface area contributed by atoms with Crippen LogP contribution in [-0.4, -0.2) is 0 Å². The Morgan fingerprint density at radius 2 is 2.22 bits per heavy atom. The predicted molar refractivity (Wildman–Crippen MR) is 44.5 cm³/mol. The number of hydrogen-bond acceptors (Lipinski definition) is 0. The quantitative estimate of drug-likeness (QED) is 0.588. The monoisotopic (exact) mass is 184 g/mol. The van der Waals surface area contributed by atoms with E-state index in [0.717, 1.165) is 12.8 Å². The summed E-state index contributed by atoms with van der Waals surface area (Å²) in [5.74, 6) is 0. The molecule has 9 heavy (non-hydrogen) atoms. The largest absolute Gasteiger partial charge is 0.0988 e. The summed E-state index contributed by atoms with van der Waals surface area (Å²) in [4.78, 5) is 0. The maximum absolute atomic E-state index is 3.70. The van der Waals surface area contributed by atoms with E-state index in [1.165, 1.54) is 10.1 Å². The van der Waals surface area contributed by atoms with Crippen LogP contribution in [0.5, 0.6) is 0 Å². The van der Waals surface area contributed by atoms with Crippen LogP contribution in [0, 0.1) is 0 Å². The minimum atomic E-state index is 1.12. The topological polar surface area (TPSA) is 0 Å². The Bertz CT molecular complexity index is 175. The molecule has 0 amide bonds. The molecule has 0 spiro atoms. The summed E-state index contributed by atoms with van der Waals surface area (Å²) >= 11 is 3.43. The van der Waals surface area contributed by atoms with Gasteiger partial charge >= 0.3 is 0 Å². The van der Waals surface area contributed by atoms with Crippen molar-refractivity contribution in [2.75, 3.05) is 0 Å². The molecule has 0 saturated heterocycles. The van der Waals surface area contributed by atoms with Gasteiger partial charge < -0.3 is 0 Å². The molecule has 48 valence electrons. The van der Waals surface area contributed by atoms with Crippen molar-refractivity contribution in [3.63, 3.8) is 0 Å². The SMILES string of the molecule is C=CC1=CC=C(Br)CC1. The highest BCUT2D eigenvalue weighted by Crippen LogP contribution is 2.22. The normalized spacial score (nSPS) is 18.3. The molecule has 0 aliphatic heterocycles. The molecule has 0 aromatic carbocycles. The lowest BCUT2D eigenvalue weighted by atomic mass is 10.1. The Balaban J connectivity index is 2.69. The molecule has 0 atom stereocenters. The molecule has 1 rings (SSSR count). The van der Waals surface area contributed by atoms with E-state index in [1.54, 1.807) is 0 Å². The van der Waals surface area contributed by atoms with Gasteiger partial charge in [-0.2, -0.15) is 0 Å². The summed E-state index contributed by atoms with van der Waals surface area (Å²) in [7, 11) is 0. The molecule has 0 aromatic rings. The van der Waals surface area contributed by atoms with Gasteiger partial charge in [0.25, 0.3) is 0 Å². The summed E-state index contributed by atoms with van der Waals surface area (Å²) in [5, 5.41) is 0. The Morgan fingerprint density at radius 1 is 1.44 bits per heavy atom. The van der Waals surface area contributed by atoms with Crippen LogP contribution in [0.1, 0.15) is 12.8 Å². The summed E-state index contributed by atoms with van der Waals surface area (Å²) < 4.78 is 1.29. The second kappa shape index (κ2) is 3.02. The molecule has 0 bridgehead atoms. The van der Waals surface area contributed by atoms with Crippen LogP contribution in [0.25, 0.3) is 0 Å². The van der Waals surface area contributed by atoms with Gasteiger partial charge in [0.2, 0.25) is 0 Å². The Labute approximate surface area is 64.1 Å². The van der Waals surface area contributed by atoms with E-state index in [4.69, 9.17) is 0 Å². The van der Waals surface area contributed by atoms with Crippen LogP contribution >= 0.6 is 15.9 Å². The van der Waals surface area contributed by atoms with Gasteiger partial charge in [-0.1, -0.05) is 40.7 Å². The lowest BCUT2D eigenvalue weighted by Gasteiger charge is -2.05. The zero-order valence-electron chi connectivity index (χ0n) is 5.23. The zero-order chi connectivity index (χ0) is 6.69. The van der Waals surface area contributed by atoms with Gasteiger partial charge in [-0.25, -0.2) is 0 Å². The van der Waals surface area contributed by atoms with E-state index < -0.39 is 0 Å². The third kappa shape index (κ3) is 1.83. The van der Waals surface area contributed by atoms with Crippen molar-refractivity contribution in [2.24, 2.45) is 0 Å². The van der Waals surface area contributed by atoms with Crippen LogP contribution < -0.4 is 0 Å². The van der Waals surface area contributed by atoms with E-state index in [9.17, 15) is 0 Å². The molecule has 0 unspecified atom stereocenters. The molecule has 1 heteroatoms. The lowest BCUT2D eigenvalue weighted by Crippen LogP contribution is -1.84. The van der Waals surface area contributed by atoms with Gasteiger partial charge in [0.15, 0.2) is 0 Å². The van der Waals surface area contributed by atoms with E-state index in [2.05, 4.69) is 34.7 Å². The van der Waals surface area contributed by atoms with Crippen molar-refractivity contribution in [3.8, 4) is 0 Å². The van der Waals surface area contributed by atoms with Crippen molar-refractivity contribution in [2.45, 2.75) is 12.8 Å². The smallest absolute Gasteiger partial charge is 0.00460 e. The van der Waals surface area contributed by atoms with E-state index >= 15 is 0 Å². The molecule has 0 nitrogen and oxygen atoms in total. The van der Waals surface area contributed by atoms with Crippen LogP contribution in [0.3, 0.4) is 0 Å². The number of rotatable bonds is 1. The Morgan fingerprint density at radius 3 is 2.67 bits per heavy atom. The van der Waals surface area contributed by atoms with Crippen molar-refractivity contribution in [1.29, 1.82) is 0 Å². The van der Waals surface area contributed by atoms with Crippen LogP contribution in [0.4, 0.5) is 0 Å². The van der Waals surface area contributed by atoms with Gasteiger partial charge in [0, 0.05) is 0 Å². The first-order valence-electron chi connectivity index (χ1n) is 3.00. The molecular formula is C8H9Br. The van der Waals surface area contributed by atoms with Crippen molar-refractivity contribution >= 4 is 15.9 Å². The van der Waals surface area contributed by atoms with Crippen molar-refractivity contribution in [3.05, 3.63) is 34.9 Å². The molecule has 1 aliphatic carbocycles. The van der Waals surface area contributed by atoms with Gasteiger partial charge in [-0.3, -0.25) is 0 Å². The summed E-state index contributed by atoms with van der Waals surface area (Å²) in [6, 6.07) is 0. The first-order chi connectivity index (χ1) is 4.33. The molecule has 1 aliphatic rings. The second-order valence-electron chi connectivity index (χ2n) is 2.06. The van der Waals surface area contributed by atoms with Gasteiger partial charge in [0.05, 0.1) is 0 Å². The van der Waals surface area contributed by atoms with Crippen LogP contribution in [0.2, 0.25) is 0 Å². The second-order valence-corrected chi connectivity index (χ2v) is 3.08. The lowest BCUT2D eigenvalue weighted by molar-refractivity contribution is 0.982. The molecule has 0 fully saturated rings. The minimum absolute atomic E-state index is 1.12. The fourth-order valence-electron chi connectivity index (χ4n) is 0.798. The third-order valence-electron chi connectivity index (χ3n) is 1.39. The molecule has 0 saturated carbocycles. The van der Waals surface area contributed by atoms with E-state index in [0.29, 0.717) is 0 Å². The van der Waals surface area contributed by atoms with Gasteiger partial charge in [-0.05, 0) is 22.9 Å². The highest BCUT2D eigenvalue weighted by Gasteiger charge is 1.98. The first kappa shape index (κ1) is 6.81. The first-order valence-corrected chi connectivity index (χ1v) is 3.80. The average Bonchev–Trinajstić information content (AvgIpc) is 1.90. The third-order valence-corrected chi connectivity index (χ3v) is 2.05. The van der Waals surface area contributed by atoms with Crippen LogP contribution in [-0.2, 0) is 0 Å². The highest BCUT2D eigenvalue weighted by molar-refractivity contribution is 9.11.